The summed E-state index contributed by atoms with van der Waals surface area (Å²) in [4.78, 5) is 12.1. The van der Waals surface area contributed by atoms with Crippen molar-refractivity contribution in [2.45, 2.75) is 43.9 Å². The van der Waals surface area contributed by atoms with Crippen molar-refractivity contribution in [3.05, 3.63) is 29.8 Å². The van der Waals surface area contributed by atoms with Crippen molar-refractivity contribution in [1.82, 2.24) is 9.62 Å². The number of hydrogen-bond acceptors (Lipinski definition) is 4. The first-order valence-electron chi connectivity index (χ1n) is 8.97. The molecule has 7 heteroatoms. The third kappa shape index (κ3) is 6.09. The molecule has 1 N–H and O–H groups in total. The molecule has 2 rings (SSSR count). The molecule has 140 valence electrons. The quantitative estimate of drug-likeness (QED) is 0.676. The number of nitrogens with zero attached hydrogens (tertiary/aromatic N) is 1. The Bertz CT molecular complexity index is 638. The Balaban J connectivity index is 1.84. The van der Waals surface area contributed by atoms with Gasteiger partial charge >= 0.3 is 0 Å². The zero-order valence-corrected chi connectivity index (χ0v) is 15.7. The molecule has 1 saturated heterocycles. The molecule has 1 aliphatic rings. The van der Waals surface area contributed by atoms with Crippen LogP contribution in [0.3, 0.4) is 0 Å². The zero-order chi connectivity index (χ0) is 18.1. The monoisotopic (exact) mass is 368 g/mol. The van der Waals surface area contributed by atoms with E-state index in [1.807, 2.05) is 0 Å². The van der Waals surface area contributed by atoms with Gasteiger partial charge in [-0.05, 0) is 30.5 Å². The van der Waals surface area contributed by atoms with Gasteiger partial charge in [0.1, 0.15) is 0 Å². The van der Waals surface area contributed by atoms with Crippen molar-refractivity contribution >= 4 is 15.9 Å². The Morgan fingerprint density at radius 3 is 2.48 bits per heavy atom. The molecule has 6 nitrogen and oxygen atoms in total. The maximum absolute atomic E-state index is 12.5. The van der Waals surface area contributed by atoms with E-state index in [0.29, 0.717) is 44.0 Å². The van der Waals surface area contributed by atoms with Gasteiger partial charge in [0.05, 0.1) is 18.1 Å². The maximum Gasteiger partial charge on any atom is 0.243 e. The van der Waals surface area contributed by atoms with E-state index >= 15 is 0 Å². The number of morpholine rings is 1. The van der Waals surface area contributed by atoms with E-state index in [4.69, 9.17) is 4.74 Å². The summed E-state index contributed by atoms with van der Waals surface area (Å²) in [5.74, 6) is 0.0427. The van der Waals surface area contributed by atoms with Crippen LogP contribution < -0.4 is 5.32 Å². The average Bonchev–Trinajstić information content (AvgIpc) is 2.64. The number of aryl methyl sites for hydroxylation is 1. The van der Waals surface area contributed by atoms with Crippen molar-refractivity contribution in [2.75, 3.05) is 32.8 Å². The van der Waals surface area contributed by atoms with Gasteiger partial charge in [0, 0.05) is 26.1 Å². The van der Waals surface area contributed by atoms with Gasteiger partial charge in [-0.2, -0.15) is 4.31 Å². The van der Waals surface area contributed by atoms with Gasteiger partial charge in [-0.1, -0.05) is 31.9 Å². The van der Waals surface area contributed by atoms with E-state index in [1.165, 1.54) is 4.31 Å². The van der Waals surface area contributed by atoms with Gasteiger partial charge in [-0.25, -0.2) is 8.42 Å². The molecule has 1 fully saturated rings. The molecule has 0 spiro atoms. The molecule has 1 amide bonds. The molecule has 0 bridgehead atoms. The lowest BCUT2D eigenvalue weighted by molar-refractivity contribution is -0.121. The maximum atomic E-state index is 12.5. The van der Waals surface area contributed by atoms with Crippen LogP contribution in [-0.4, -0.2) is 51.5 Å². The highest BCUT2D eigenvalue weighted by atomic mass is 32.2. The number of carbonyl (C=O) groups excluding carboxylic acids is 1. The summed E-state index contributed by atoms with van der Waals surface area (Å²) in [7, 11) is -3.45. The van der Waals surface area contributed by atoms with E-state index in [2.05, 4.69) is 12.2 Å². The van der Waals surface area contributed by atoms with E-state index in [0.717, 1.165) is 31.4 Å². The Morgan fingerprint density at radius 2 is 1.84 bits per heavy atom. The average molecular weight is 368 g/mol. The second-order valence-corrected chi connectivity index (χ2v) is 8.16. The van der Waals surface area contributed by atoms with Crippen molar-refractivity contribution in [3.8, 4) is 0 Å². The number of amides is 1. The van der Waals surface area contributed by atoms with E-state index in [1.54, 1.807) is 24.3 Å². The first-order valence-corrected chi connectivity index (χ1v) is 10.4. The van der Waals surface area contributed by atoms with Crippen molar-refractivity contribution in [1.29, 1.82) is 0 Å². The van der Waals surface area contributed by atoms with Crippen LogP contribution in [-0.2, 0) is 26.0 Å². The SMILES string of the molecule is CCCCCNC(=O)CCc1ccc(S(=O)(=O)N2CCOCC2)cc1. The highest BCUT2D eigenvalue weighted by molar-refractivity contribution is 7.89. The fraction of sp³-hybridized carbons (Fsp3) is 0.611. The minimum Gasteiger partial charge on any atom is -0.379 e. The predicted molar refractivity (Wildman–Crippen MR) is 96.9 cm³/mol. The Kier molecular flexibility index (Phi) is 7.87. The van der Waals surface area contributed by atoms with Crippen LogP contribution in [0.1, 0.15) is 38.2 Å². The number of benzene rings is 1. The van der Waals surface area contributed by atoms with Crippen LogP contribution in [0.15, 0.2) is 29.2 Å². The highest BCUT2D eigenvalue weighted by Crippen LogP contribution is 2.18. The van der Waals surface area contributed by atoms with Crippen LogP contribution >= 0.6 is 0 Å². The molecular weight excluding hydrogens is 340 g/mol. The summed E-state index contributed by atoms with van der Waals surface area (Å²) in [6.45, 7) is 4.51. The lowest BCUT2D eigenvalue weighted by Crippen LogP contribution is -2.40. The first-order chi connectivity index (χ1) is 12.0. The summed E-state index contributed by atoms with van der Waals surface area (Å²) in [5, 5.41) is 2.91. The summed E-state index contributed by atoms with van der Waals surface area (Å²) >= 11 is 0. The summed E-state index contributed by atoms with van der Waals surface area (Å²) in [6.07, 6.45) is 4.30. The van der Waals surface area contributed by atoms with Crippen molar-refractivity contribution < 1.29 is 17.9 Å². The first kappa shape index (κ1) is 19.9. The highest BCUT2D eigenvalue weighted by Gasteiger charge is 2.25. The van der Waals surface area contributed by atoms with Crippen LogP contribution in [0.4, 0.5) is 0 Å². The standard InChI is InChI=1S/C18H28N2O4S/c1-2-3-4-11-19-18(21)10-7-16-5-8-17(9-6-16)25(22,23)20-12-14-24-15-13-20/h5-6,8-9H,2-4,7,10-15H2,1H3,(H,19,21). The second-order valence-electron chi connectivity index (χ2n) is 6.22. The van der Waals surface area contributed by atoms with Crippen LogP contribution in [0, 0.1) is 0 Å². The summed E-state index contributed by atoms with van der Waals surface area (Å²) in [5.41, 5.74) is 0.963. The Morgan fingerprint density at radius 1 is 1.16 bits per heavy atom. The minimum absolute atomic E-state index is 0.0427. The number of hydrogen-bond donors (Lipinski definition) is 1. The number of unbranched alkanes of at least 4 members (excludes halogenated alkanes) is 2. The molecule has 0 saturated carbocycles. The third-order valence-corrected chi connectivity index (χ3v) is 6.19. The van der Waals surface area contributed by atoms with Crippen molar-refractivity contribution in [3.63, 3.8) is 0 Å². The van der Waals surface area contributed by atoms with Crippen LogP contribution in [0.2, 0.25) is 0 Å². The second kappa shape index (κ2) is 9.89. The van der Waals surface area contributed by atoms with Gasteiger partial charge < -0.3 is 10.1 Å². The molecule has 0 aliphatic carbocycles. The van der Waals surface area contributed by atoms with Gasteiger partial charge in [-0.3, -0.25) is 4.79 Å². The number of sulfonamides is 1. The fourth-order valence-corrected chi connectivity index (χ4v) is 4.12. The molecule has 1 aromatic rings. The molecule has 1 aromatic carbocycles. The summed E-state index contributed by atoms with van der Waals surface area (Å²) < 4.78 is 31.7. The normalized spacial score (nSPS) is 15.9. The molecule has 0 radical (unpaired) electrons. The van der Waals surface area contributed by atoms with Crippen LogP contribution in [0.5, 0.6) is 0 Å². The third-order valence-electron chi connectivity index (χ3n) is 4.27. The van der Waals surface area contributed by atoms with Gasteiger partial charge in [-0.15, -0.1) is 0 Å². The molecule has 0 atom stereocenters. The van der Waals surface area contributed by atoms with E-state index in [9.17, 15) is 13.2 Å². The molecule has 1 heterocycles. The molecular formula is C18H28N2O4S. The molecule has 1 aliphatic heterocycles. The van der Waals surface area contributed by atoms with E-state index in [-0.39, 0.29) is 5.91 Å². The lowest BCUT2D eigenvalue weighted by atomic mass is 10.1. The molecule has 0 unspecified atom stereocenters. The van der Waals surface area contributed by atoms with Gasteiger partial charge in [0.15, 0.2) is 0 Å². The summed E-state index contributed by atoms with van der Waals surface area (Å²) in [6, 6.07) is 6.83. The molecule has 25 heavy (non-hydrogen) atoms. The number of rotatable bonds is 9. The Hall–Kier alpha value is -1.44. The zero-order valence-electron chi connectivity index (χ0n) is 14.9. The number of carbonyl (C=O) groups is 1. The van der Waals surface area contributed by atoms with Gasteiger partial charge in [0.2, 0.25) is 15.9 Å². The van der Waals surface area contributed by atoms with Gasteiger partial charge in [0.25, 0.3) is 0 Å². The van der Waals surface area contributed by atoms with Crippen molar-refractivity contribution in [2.24, 2.45) is 0 Å². The number of ether oxygens (including phenoxy) is 1. The lowest BCUT2D eigenvalue weighted by Gasteiger charge is -2.26. The predicted octanol–water partition coefficient (Wildman–Crippen LogP) is 1.95. The van der Waals surface area contributed by atoms with E-state index < -0.39 is 10.0 Å². The largest absolute Gasteiger partial charge is 0.379 e. The Labute approximate surface area is 150 Å². The van der Waals surface area contributed by atoms with Crippen LogP contribution in [0.25, 0.3) is 0 Å². The molecule has 0 aromatic heterocycles. The minimum atomic E-state index is -3.45. The fourth-order valence-electron chi connectivity index (χ4n) is 2.71. The topological polar surface area (TPSA) is 75.7 Å². The smallest absolute Gasteiger partial charge is 0.243 e. The number of nitrogens with one attached hydrogen (secondary N) is 1.